The number of sulfone groups is 1. The molecule has 0 spiro atoms. The lowest BCUT2D eigenvalue weighted by molar-refractivity contribution is -0.116. The fourth-order valence-corrected chi connectivity index (χ4v) is 4.58. The highest BCUT2D eigenvalue weighted by Crippen LogP contribution is 2.26. The summed E-state index contributed by atoms with van der Waals surface area (Å²) in [5.41, 5.74) is 1.27. The third-order valence-corrected chi connectivity index (χ3v) is 6.65. The summed E-state index contributed by atoms with van der Waals surface area (Å²) >= 11 is 0. The molecule has 0 atom stereocenters. The van der Waals surface area contributed by atoms with Gasteiger partial charge in [-0.2, -0.15) is 0 Å². The molecule has 0 aliphatic carbocycles. The molecule has 170 valence electrons. The van der Waals surface area contributed by atoms with Crippen molar-refractivity contribution in [2.24, 2.45) is 0 Å². The number of ether oxygens (including phenoxy) is 1. The van der Waals surface area contributed by atoms with E-state index in [1.807, 2.05) is 30.3 Å². The number of amides is 1. The van der Waals surface area contributed by atoms with Crippen LogP contribution in [0.2, 0.25) is 0 Å². The number of carbonyl (C=O) groups excluding carboxylic acids is 1. The molecule has 1 N–H and O–H groups in total. The largest absolute Gasteiger partial charge is 0.457 e. The number of hydrogen-bond donors (Lipinski definition) is 1. The van der Waals surface area contributed by atoms with Crippen LogP contribution in [0.25, 0.3) is 6.08 Å². The summed E-state index contributed by atoms with van der Waals surface area (Å²) in [5.74, 6) is 0.462. The topological polar surface area (TPSA) is 85.4 Å². The first kappa shape index (κ1) is 22.9. The molecule has 3 aromatic carbocycles. The van der Waals surface area contributed by atoms with Gasteiger partial charge in [0.15, 0.2) is 0 Å². The van der Waals surface area contributed by atoms with E-state index in [-0.39, 0.29) is 16.3 Å². The highest BCUT2D eigenvalue weighted by molar-refractivity contribution is 7.96. The van der Waals surface area contributed by atoms with Crippen molar-refractivity contribution in [1.29, 1.82) is 0 Å². The molecule has 1 aromatic heterocycles. The monoisotopic (exact) mass is 470 g/mol. The molecule has 4 aromatic rings. The van der Waals surface area contributed by atoms with E-state index >= 15 is 0 Å². The molecule has 0 aliphatic rings. The van der Waals surface area contributed by atoms with Crippen LogP contribution < -0.4 is 10.1 Å². The lowest BCUT2D eigenvalue weighted by Gasteiger charge is -2.11. The molecule has 7 heteroatoms. The van der Waals surface area contributed by atoms with Gasteiger partial charge in [0.1, 0.15) is 16.4 Å². The van der Waals surface area contributed by atoms with Gasteiger partial charge in [0.25, 0.3) is 5.91 Å². The number of aromatic nitrogens is 1. The molecule has 34 heavy (non-hydrogen) atoms. The Labute approximate surface area is 198 Å². The van der Waals surface area contributed by atoms with Crippen molar-refractivity contribution in [2.45, 2.75) is 11.4 Å². The molecule has 0 fully saturated rings. The zero-order valence-electron chi connectivity index (χ0n) is 18.2. The maximum Gasteiger partial charge on any atom is 0.263 e. The lowest BCUT2D eigenvalue weighted by atomic mass is 10.2. The molecule has 0 bridgehead atoms. The minimum atomic E-state index is -4.08. The summed E-state index contributed by atoms with van der Waals surface area (Å²) in [5, 5.41) is 2.69. The quantitative estimate of drug-likeness (QED) is 0.366. The molecular weight excluding hydrogens is 448 g/mol. The van der Waals surface area contributed by atoms with Gasteiger partial charge in [0, 0.05) is 18.9 Å². The third kappa shape index (κ3) is 5.76. The normalized spacial score (nSPS) is 11.6. The number of benzene rings is 3. The summed E-state index contributed by atoms with van der Waals surface area (Å²) in [6.07, 6.45) is 4.60. The number of para-hydroxylation sites is 1. The summed E-state index contributed by atoms with van der Waals surface area (Å²) in [7, 11) is -4.08. The van der Waals surface area contributed by atoms with Crippen molar-refractivity contribution >= 4 is 21.8 Å². The van der Waals surface area contributed by atoms with Gasteiger partial charge in [-0.15, -0.1) is 0 Å². The van der Waals surface area contributed by atoms with Gasteiger partial charge in [0.2, 0.25) is 9.84 Å². The van der Waals surface area contributed by atoms with Crippen molar-refractivity contribution in [3.05, 3.63) is 125 Å². The van der Waals surface area contributed by atoms with Crippen molar-refractivity contribution in [3.8, 4) is 11.5 Å². The van der Waals surface area contributed by atoms with Crippen LogP contribution in [0.15, 0.2) is 119 Å². The fourth-order valence-electron chi connectivity index (χ4n) is 3.21. The zero-order chi connectivity index (χ0) is 23.8. The maximum atomic E-state index is 13.4. The second kappa shape index (κ2) is 10.6. The molecule has 4 rings (SSSR count). The van der Waals surface area contributed by atoms with Gasteiger partial charge >= 0.3 is 0 Å². The predicted molar refractivity (Wildman–Crippen MR) is 131 cm³/mol. The van der Waals surface area contributed by atoms with Crippen LogP contribution in [-0.2, 0) is 21.2 Å². The van der Waals surface area contributed by atoms with Gasteiger partial charge in [-0.3, -0.25) is 9.78 Å². The first-order chi connectivity index (χ1) is 16.5. The Kier molecular flexibility index (Phi) is 7.15. The van der Waals surface area contributed by atoms with E-state index in [4.69, 9.17) is 4.74 Å². The lowest BCUT2D eigenvalue weighted by Crippen LogP contribution is -2.28. The Morgan fingerprint density at radius 2 is 1.56 bits per heavy atom. The van der Waals surface area contributed by atoms with E-state index in [1.165, 1.54) is 18.2 Å². The number of pyridine rings is 1. The molecular formula is C27H22N2O4S. The minimum Gasteiger partial charge on any atom is -0.457 e. The number of carbonyl (C=O) groups is 1. The standard InChI is InChI=1S/C27H22N2O4S/c30-27(29-20-22-10-8-16-28-19-22)26(34(31,32)25-14-5-2-6-15-25)18-21-9-7-13-24(17-21)33-23-11-3-1-4-12-23/h1-19H,20H2,(H,29,30). The van der Waals surface area contributed by atoms with E-state index in [0.717, 1.165) is 5.56 Å². The van der Waals surface area contributed by atoms with Crippen molar-refractivity contribution in [2.75, 3.05) is 0 Å². The smallest absolute Gasteiger partial charge is 0.263 e. The molecule has 6 nitrogen and oxygen atoms in total. The second-order valence-corrected chi connectivity index (χ2v) is 9.27. The first-order valence-electron chi connectivity index (χ1n) is 10.5. The number of hydrogen-bond acceptors (Lipinski definition) is 5. The molecule has 0 aliphatic heterocycles. The Balaban J connectivity index is 1.67. The van der Waals surface area contributed by atoms with Crippen LogP contribution in [0.5, 0.6) is 11.5 Å². The summed E-state index contributed by atoms with van der Waals surface area (Å²) in [6, 6.07) is 27.6. The van der Waals surface area contributed by atoms with Gasteiger partial charge in [-0.05, 0) is 59.7 Å². The van der Waals surface area contributed by atoms with Gasteiger partial charge in [-0.1, -0.05) is 54.6 Å². The highest BCUT2D eigenvalue weighted by Gasteiger charge is 2.27. The first-order valence-corrected chi connectivity index (χ1v) is 12.0. The van der Waals surface area contributed by atoms with Crippen molar-refractivity contribution in [3.63, 3.8) is 0 Å². The molecule has 0 unspecified atom stereocenters. The summed E-state index contributed by atoms with van der Waals surface area (Å²) in [4.78, 5) is 16.8. The average Bonchev–Trinajstić information content (AvgIpc) is 2.88. The van der Waals surface area contributed by atoms with Crippen molar-refractivity contribution < 1.29 is 17.9 Å². The van der Waals surface area contributed by atoms with Crippen LogP contribution >= 0.6 is 0 Å². The van der Waals surface area contributed by atoms with Crippen LogP contribution in [-0.4, -0.2) is 19.3 Å². The van der Waals surface area contributed by atoms with Gasteiger partial charge in [-0.25, -0.2) is 8.42 Å². The van der Waals surface area contributed by atoms with Gasteiger partial charge < -0.3 is 10.1 Å². The van der Waals surface area contributed by atoms with Gasteiger partial charge in [0.05, 0.1) is 4.90 Å². The predicted octanol–water partition coefficient (Wildman–Crippen LogP) is 5.01. The van der Waals surface area contributed by atoms with E-state index in [1.54, 1.807) is 67.0 Å². The van der Waals surface area contributed by atoms with E-state index < -0.39 is 15.7 Å². The zero-order valence-corrected chi connectivity index (χ0v) is 19.0. The SMILES string of the molecule is O=C(NCc1cccnc1)C(=Cc1cccc(Oc2ccccc2)c1)S(=O)(=O)c1ccccc1. The van der Waals surface area contributed by atoms with Crippen LogP contribution in [0, 0.1) is 0 Å². The maximum absolute atomic E-state index is 13.4. The fraction of sp³-hybridized carbons (Fsp3) is 0.0370. The van der Waals surface area contributed by atoms with Crippen LogP contribution in [0.4, 0.5) is 0 Å². The Hall–Kier alpha value is -4.23. The second-order valence-electron chi connectivity index (χ2n) is 7.36. The molecule has 1 amide bonds. The summed E-state index contributed by atoms with van der Waals surface area (Å²) in [6.45, 7) is 0.144. The molecule has 1 heterocycles. The third-order valence-electron chi connectivity index (χ3n) is 4.88. The summed E-state index contributed by atoms with van der Waals surface area (Å²) < 4.78 is 32.6. The minimum absolute atomic E-state index is 0.0365. The van der Waals surface area contributed by atoms with Crippen molar-refractivity contribution in [1.82, 2.24) is 10.3 Å². The number of nitrogens with one attached hydrogen (secondary N) is 1. The molecule has 0 radical (unpaired) electrons. The van der Waals surface area contributed by atoms with E-state index in [0.29, 0.717) is 17.1 Å². The Morgan fingerprint density at radius 3 is 2.26 bits per heavy atom. The molecule has 0 saturated carbocycles. The molecule has 0 saturated heterocycles. The Morgan fingerprint density at radius 1 is 0.853 bits per heavy atom. The Bertz CT molecular complexity index is 1390. The number of nitrogens with zero attached hydrogens (tertiary/aromatic N) is 1. The number of rotatable bonds is 8. The van der Waals surface area contributed by atoms with E-state index in [9.17, 15) is 13.2 Å². The highest BCUT2D eigenvalue weighted by atomic mass is 32.2. The average molecular weight is 471 g/mol. The van der Waals surface area contributed by atoms with Crippen LogP contribution in [0.3, 0.4) is 0 Å². The van der Waals surface area contributed by atoms with Crippen LogP contribution in [0.1, 0.15) is 11.1 Å². The van der Waals surface area contributed by atoms with E-state index in [2.05, 4.69) is 10.3 Å².